The van der Waals surface area contributed by atoms with Crippen LogP contribution in [0.5, 0.6) is 0 Å². The number of nitrogens with zero attached hydrogens (tertiary/aromatic N) is 2. The van der Waals surface area contributed by atoms with Crippen molar-refractivity contribution < 1.29 is 9.21 Å². The number of anilines is 1. The lowest BCUT2D eigenvalue weighted by Crippen LogP contribution is -2.33. The topological polar surface area (TPSA) is 94.0 Å². The number of carbonyl (C=O) groups is 1. The van der Waals surface area contributed by atoms with Crippen molar-refractivity contribution in [2.24, 2.45) is 0 Å². The molecule has 2 rings (SSSR count). The summed E-state index contributed by atoms with van der Waals surface area (Å²) in [6, 6.07) is 3.78. The maximum Gasteiger partial charge on any atom is 0.271 e. The Morgan fingerprint density at radius 2 is 2.37 bits per heavy atom. The second-order valence-corrected chi connectivity index (χ2v) is 4.32. The van der Waals surface area contributed by atoms with Crippen LogP contribution in [0.15, 0.2) is 35.2 Å². The molecule has 2 aromatic heterocycles. The minimum absolute atomic E-state index is 0.0147. The zero-order valence-corrected chi connectivity index (χ0v) is 10.7. The standard InChI is InChI=1S/C13H16N4O2/c1-9(4-5-10-3-2-6-19-10)16-13(18)11-7-15-8-12(14)17-11/h2-3,6-9H,4-5H2,1H3,(H2,14,17)(H,16,18). The third-order valence-electron chi connectivity index (χ3n) is 2.67. The van der Waals surface area contributed by atoms with Gasteiger partial charge in [-0.2, -0.15) is 0 Å². The highest BCUT2D eigenvalue weighted by molar-refractivity contribution is 5.92. The van der Waals surface area contributed by atoms with E-state index in [0.717, 1.165) is 18.6 Å². The second-order valence-electron chi connectivity index (χ2n) is 4.32. The van der Waals surface area contributed by atoms with Gasteiger partial charge in [0.05, 0.1) is 18.7 Å². The molecule has 0 saturated heterocycles. The zero-order chi connectivity index (χ0) is 13.7. The monoisotopic (exact) mass is 260 g/mol. The van der Waals surface area contributed by atoms with E-state index < -0.39 is 0 Å². The largest absolute Gasteiger partial charge is 0.469 e. The van der Waals surface area contributed by atoms with Crippen LogP contribution in [0.1, 0.15) is 29.6 Å². The molecule has 0 radical (unpaired) electrons. The molecule has 0 spiro atoms. The first-order valence-electron chi connectivity index (χ1n) is 6.06. The number of amides is 1. The van der Waals surface area contributed by atoms with E-state index in [-0.39, 0.29) is 23.5 Å². The van der Waals surface area contributed by atoms with Gasteiger partial charge in [-0.15, -0.1) is 0 Å². The molecule has 0 aromatic carbocycles. The lowest BCUT2D eigenvalue weighted by molar-refractivity contribution is 0.0933. The van der Waals surface area contributed by atoms with Crippen molar-refractivity contribution >= 4 is 11.7 Å². The number of carbonyl (C=O) groups excluding carboxylic acids is 1. The smallest absolute Gasteiger partial charge is 0.271 e. The van der Waals surface area contributed by atoms with Gasteiger partial charge in [0.2, 0.25) is 0 Å². The van der Waals surface area contributed by atoms with E-state index in [2.05, 4.69) is 15.3 Å². The molecule has 1 amide bonds. The molecule has 0 fully saturated rings. The minimum atomic E-state index is -0.272. The minimum Gasteiger partial charge on any atom is -0.469 e. The molecule has 6 nitrogen and oxygen atoms in total. The number of nitrogens with one attached hydrogen (secondary N) is 1. The Morgan fingerprint density at radius 3 is 3.05 bits per heavy atom. The maximum atomic E-state index is 11.9. The average Bonchev–Trinajstić information content (AvgIpc) is 2.89. The van der Waals surface area contributed by atoms with Crippen LogP contribution in [-0.2, 0) is 6.42 Å². The molecule has 0 aliphatic heterocycles. The number of furan rings is 1. The third-order valence-corrected chi connectivity index (χ3v) is 2.67. The first-order valence-corrected chi connectivity index (χ1v) is 6.06. The van der Waals surface area contributed by atoms with Crippen LogP contribution >= 0.6 is 0 Å². The summed E-state index contributed by atoms with van der Waals surface area (Å²) in [5, 5.41) is 2.85. The molecule has 100 valence electrons. The maximum absolute atomic E-state index is 11.9. The number of hydrogen-bond acceptors (Lipinski definition) is 5. The lowest BCUT2D eigenvalue weighted by Gasteiger charge is -2.12. The third kappa shape index (κ3) is 3.80. The normalized spacial score (nSPS) is 12.1. The van der Waals surface area contributed by atoms with Crippen molar-refractivity contribution in [3.63, 3.8) is 0 Å². The van der Waals surface area contributed by atoms with Crippen molar-refractivity contribution in [2.45, 2.75) is 25.8 Å². The van der Waals surface area contributed by atoms with Gasteiger partial charge in [-0.3, -0.25) is 9.78 Å². The first kappa shape index (κ1) is 13.1. The van der Waals surface area contributed by atoms with E-state index in [0.29, 0.717) is 0 Å². The van der Waals surface area contributed by atoms with Gasteiger partial charge in [-0.05, 0) is 25.5 Å². The highest BCUT2D eigenvalue weighted by Crippen LogP contribution is 2.06. The number of rotatable bonds is 5. The van der Waals surface area contributed by atoms with Gasteiger partial charge in [-0.1, -0.05) is 0 Å². The van der Waals surface area contributed by atoms with E-state index in [9.17, 15) is 4.79 Å². The van der Waals surface area contributed by atoms with Crippen molar-refractivity contribution in [1.29, 1.82) is 0 Å². The summed E-state index contributed by atoms with van der Waals surface area (Å²) >= 11 is 0. The first-order chi connectivity index (χ1) is 9.15. The summed E-state index contributed by atoms with van der Waals surface area (Å²) in [5.41, 5.74) is 5.71. The SMILES string of the molecule is CC(CCc1ccco1)NC(=O)c1cncc(N)n1. The molecule has 1 atom stereocenters. The van der Waals surface area contributed by atoms with Gasteiger partial charge in [-0.25, -0.2) is 4.98 Å². The molecule has 0 aliphatic carbocycles. The Hall–Kier alpha value is -2.37. The van der Waals surface area contributed by atoms with E-state index in [1.165, 1.54) is 12.4 Å². The van der Waals surface area contributed by atoms with Crippen LogP contribution in [-0.4, -0.2) is 21.9 Å². The summed E-state index contributed by atoms with van der Waals surface area (Å²) in [7, 11) is 0. The zero-order valence-electron chi connectivity index (χ0n) is 10.7. The molecular formula is C13H16N4O2. The van der Waals surface area contributed by atoms with Crippen LogP contribution in [0, 0.1) is 0 Å². The van der Waals surface area contributed by atoms with Crippen molar-refractivity contribution in [1.82, 2.24) is 15.3 Å². The molecular weight excluding hydrogens is 244 g/mol. The van der Waals surface area contributed by atoms with Crippen LogP contribution < -0.4 is 11.1 Å². The quantitative estimate of drug-likeness (QED) is 0.847. The predicted octanol–water partition coefficient (Wildman–Crippen LogP) is 1.40. The Morgan fingerprint density at radius 1 is 1.53 bits per heavy atom. The second kappa shape index (κ2) is 5.99. The van der Waals surface area contributed by atoms with Crippen LogP contribution in [0.4, 0.5) is 5.82 Å². The van der Waals surface area contributed by atoms with E-state index in [4.69, 9.17) is 10.2 Å². The molecule has 0 bridgehead atoms. The van der Waals surface area contributed by atoms with E-state index in [1.807, 2.05) is 19.1 Å². The fourth-order valence-corrected chi connectivity index (χ4v) is 1.67. The summed E-state index contributed by atoms with van der Waals surface area (Å²) in [5.74, 6) is 0.868. The molecule has 19 heavy (non-hydrogen) atoms. The van der Waals surface area contributed by atoms with Crippen LogP contribution in [0.3, 0.4) is 0 Å². The van der Waals surface area contributed by atoms with E-state index >= 15 is 0 Å². The van der Waals surface area contributed by atoms with Gasteiger partial charge in [0.1, 0.15) is 17.3 Å². The van der Waals surface area contributed by atoms with Crippen molar-refractivity contribution in [3.8, 4) is 0 Å². The fraction of sp³-hybridized carbons (Fsp3) is 0.308. The van der Waals surface area contributed by atoms with Crippen LogP contribution in [0.25, 0.3) is 0 Å². The molecule has 0 saturated carbocycles. The fourth-order valence-electron chi connectivity index (χ4n) is 1.67. The number of nitrogens with two attached hydrogens (primary N) is 1. The Balaban J connectivity index is 1.84. The molecule has 2 aromatic rings. The summed E-state index contributed by atoms with van der Waals surface area (Å²) in [6.45, 7) is 1.93. The molecule has 6 heteroatoms. The van der Waals surface area contributed by atoms with Crippen molar-refractivity contribution in [2.75, 3.05) is 5.73 Å². The van der Waals surface area contributed by atoms with Gasteiger partial charge < -0.3 is 15.5 Å². The summed E-state index contributed by atoms with van der Waals surface area (Å²) < 4.78 is 5.24. The van der Waals surface area contributed by atoms with Gasteiger partial charge in [0.15, 0.2) is 0 Å². The Bertz CT molecular complexity index is 539. The van der Waals surface area contributed by atoms with Gasteiger partial charge in [0, 0.05) is 12.5 Å². The van der Waals surface area contributed by atoms with Crippen LogP contribution in [0.2, 0.25) is 0 Å². The Labute approximate surface area is 111 Å². The van der Waals surface area contributed by atoms with Gasteiger partial charge in [0.25, 0.3) is 5.91 Å². The molecule has 0 aliphatic rings. The Kier molecular flexibility index (Phi) is 4.12. The predicted molar refractivity (Wildman–Crippen MR) is 70.4 cm³/mol. The number of nitrogen functional groups attached to an aromatic ring is 1. The molecule has 1 unspecified atom stereocenters. The lowest BCUT2D eigenvalue weighted by atomic mass is 10.1. The summed E-state index contributed by atoms with van der Waals surface area (Å²) in [6.07, 6.45) is 6.00. The average molecular weight is 260 g/mol. The number of aromatic nitrogens is 2. The van der Waals surface area contributed by atoms with E-state index in [1.54, 1.807) is 6.26 Å². The van der Waals surface area contributed by atoms with Crippen molar-refractivity contribution in [3.05, 3.63) is 42.2 Å². The molecule has 2 heterocycles. The number of aryl methyl sites for hydroxylation is 1. The summed E-state index contributed by atoms with van der Waals surface area (Å²) in [4.78, 5) is 19.6. The molecule has 3 N–H and O–H groups in total. The number of hydrogen-bond donors (Lipinski definition) is 2. The highest BCUT2D eigenvalue weighted by Gasteiger charge is 2.12. The highest BCUT2D eigenvalue weighted by atomic mass is 16.3. The van der Waals surface area contributed by atoms with Gasteiger partial charge >= 0.3 is 0 Å².